The molecule has 0 saturated carbocycles. The minimum atomic E-state index is -1.32. The summed E-state index contributed by atoms with van der Waals surface area (Å²) in [5.74, 6) is -1.55. The van der Waals surface area contributed by atoms with Crippen LogP contribution in [0, 0.1) is 11.3 Å². The number of aliphatic carboxylic acids is 1. The third-order valence-corrected chi connectivity index (χ3v) is 2.46. The summed E-state index contributed by atoms with van der Waals surface area (Å²) in [4.78, 5) is 22.7. The van der Waals surface area contributed by atoms with Crippen LogP contribution in [-0.4, -0.2) is 22.5 Å². The maximum atomic E-state index is 11.8. The normalized spacial score (nSPS) is 10.5. The van der Waals surface area contributed by atoms with Crippen molar-refractivity contribution >= 4 is 11.9 Å². The molecule has 0 aliphatic carbocycles. The Morgan fingerprint density at radius 2 is 1.89 bits per heavy atom. The first kappa shape index (κ1) is 13.7. The standard InChI is InChI=1S/C13H14N2O3/c1-13(2,12(17)18)15-11(16)10-5-3-9(4-6-10)7-8-14/h3-6H,7H2,1-2H3,(H,15,16)(H,17,18). The van der Waals surface area contributed by atoms with Crippen molar-refractivity contribution in [2.45, 2.75) is 25.8 Å². The SMILES string of the molecule is CC(C)(NC(=O)c1ccc(CC#N)cc1)C(=O)O. The zero-order chi connectivity index (χ0) is 13.8. The zero-order valence-corrected chi connectivity index (χ0v) is 10.2. The van der Waals surface area contributed by atoms with Gasteiger partial charge in [0.25, 0.3) is 5.91 Å². The van der Waals surface area contributed by atoms with Gasteiger partial charge in [0.1, 0.15) is 5.54 Å². The number of rotatable bonds is 4. The lowest BCUT2D eigenvalue weighted by Crippen LogP contribution is -2.49. The van der Waals surface area contributed by atoms with Crippen LogP contribution in [0.1, 0.15) is 29.8 Å². The third kappa shape index (κ3) is 3.32. The van der Waals surface area contributed by atoms with Crippen molar-refractivity contribution in [1.29, 1.82) is 5.26 Å². The van der Waals surface area contributed by atoms with Crippen molar-refractivity contribution in [1.82, 2.24) is 5.32 Å². The molecule has 5 nitrogen and oxygen atoms in total. The summed E-state index contributed by atoms with van der Waals surface area (Å²) in [5.41, 5.74) is -0.139. The molecule has 0 aliphatic heterocycles. The Morgan fingerprint density at radius 1 is 1.33 bits per heavy atom. The van der Waals surface area contributed by atoms with E-state index in [1.165, 1.54) is 13.8 Å². The van der Waals surface area contributed by atoms with Gasteiger partial charge in [0, 0.05) is 5.56 Å². The molecule has 1 aromatic carbocycles. The molecule has 0 saturated heterocycles. The number of nitrogens with one attached hydrogen (secondary N) is 1. The molecule has 1 aromatic rings. The molecular formula is C13H14N2O3. The maximum absolute atomic E-state index is 11.8. The van der Waals surface area contributed by atoms with Crippen molar-refractivity contribution < 1.29 is 14.7 Å². The van der Waals surface area contributed by atoms with Gasteiger partial charge in [-0.2, -0.15) is 5.26 Å². The number of amides is 1. The van der Waals surface area contributed by atoms with Crippen molar-refractivity contribution in [3.8, 4) is 6.07 Å². The molecule has 0 unspecified atom stereocenters. The lowest BCUT2D eigenvalue weighted by molar-refractivity contribution is -0.143. The van der Waals surface area contributed by atoms with E-state index in [9.17, 15) is 9.59 Å². The third-order valence-electron chi connectivity index (χ3n) is 2.46. The lowest BCUT2D eigenvalue weighted by atomic mass is 10.0. The van der Waals surface area contributed by atoms with E-state index in [1.807, 2.05) is 6.07 Å². The van der Waals surface area contributed by atoms with Gasteiger partial charge in [0.2, 0.25) is 0 Å². The van der Waals surface area contributed by atoms with Crippen molar-refractivity contribution in [2.75, 3.05) is 0 Å². The first-order valence-corrected chi connectivity index (χ1v) is 5.38. The highest BCUT2D eigenvalue weighted by molar-refractivity contribution is 5.97. The largest absolute Gasteiger partial charge is 0.480 e. The average molecular weight is 246 g/mol. The van der Waals surface area contributed by atoms with Crippen LogP contribution in [0.25, 0.3) is 0 Å². The quantitative estimate of drug-likeness (QED) is 0.838. The Hall–Kier alpha value is -2.35. The van der Waals surface area contributed by atoms with Gasteiger partial charge in [-0.3, -0.25) is 4.79 Å². The number of carbonyl (C=O) groups is 2. The summed E-state index contributed by atoms with van der Waals surface area (Å²) >= 11 is 0. The molecule has 0 radical (unpaired) electrons. The molecule has 0 atom stereocenters. The molecule has 0 aromatic heterocycles. The maximum Gasteiger partial charge on any atom is 0.328 e. The number of hydrogen-bond acceptors (Lipinski definition) is 3. The Kier molecular flexibility index (Phi) is 4.05. The van der Waals surface area contributed by atoms with Crippen LogP contribution < -0.4 is 5.32 Å². The second-order valence-corrected chi connectivity index (χ2v) is 4.42. The molecule has 1 amide bonds. The molecule has 1 rings (SSSR count). The van der Waals surface area contributed by atoms with Gasteiger partial charge in [-0.05, 0) is 31.5 Å². The van der Waals surface area contributed by atoms with Crippen LogP contribution in [0.5, 0.6) is 0 Å². The van der Waals surface area contributed by atoms with Crippen LogP contribution in [0.4, 0.5) is 0 Å². The van der Waals surface area contributed by atoms with Gasteiger partial charge in [-0.15, -0.1) is 0 Å². The molecule has 0 spiro atoms. The van der Waals surface area contributed by atoms with Crippen LogP contribution in [-0.2, 0) is 11.2 Å². The van der Waals surface area contributed by atoms with Gasteiger partial charge in [0.05, 0.1) is 12.5 Å². The van der Waals surface area contributed by atoms with E-state index in [2.05, 4.69) is 5.32 Å². The minimum Gasteiger partial charge on any atom is -0.480 e. The summed E-state index contributed by atoms with van der Waals surface area (Å²) < 4.78 is 0. The molecule has 0 fully saturated rings. The predicted molar refractivity (Wildman–Crippen MR) is 64.9 cm³/mol. The van der Waals surface area contributed by atoms with E-state index in [-0.39, 0.29) is 6.42 Å². The topological polar surface area (TPSA) is 90.2 Å². The van der Waals surface area contributed by atoms with Crippen molar-refractivity contribution in [3.63, 3.8) is 0 Å². The number of carboxylic acids is 1. The minimum absolute atomic E-state index is 0.280. The number of nitriles is 1. The van der Waals surface area contributed by atoms with Gasteiger partial charge in [-0.1, -0.05) is 12.1 Å². The van der Waals surface area contributed by atoms with E-state index in [0.29, 0.717) is 5.56 Å². The van der Waals surface area contributed by atoms with E-state index < -0.39 is 17.4 Å². The Labute approximate surface area is 105 Å². The van der Waals surface area contributed by atoms with Gasteiger partial charge < -0.3 is 10.4 Å². The van der Waals surface area contributed by atoms with Crippen LogP contribution in [0.2, 0.25) is 0 Å². The lowest BCUT2D eigenvalue weighted by Gasteiger charge is -2.20. The molecule has 0 aliphatic rings. The molecular weight excluding hydrogens is 232 g/mol. The zero-order valence-electron chi connectivity index (χ0n) is 10.2. The molecule has 94 valence electrons. The van der Waals surface area contributed by atoms with E-state index in [4.69, 9.17) is 10.4 Å². The number of hydrogen-bond donors (Lipinski definition) is 2. The van der Waals surface area contributed by atoms with E-state index in [1.54, 1.807) is 24.3 Å². The first-order valence-electron chi connectivity index (χ1n) is 5.38. The van der Waals surface area contributed by atoms with Crippen LogP contribution in [0.15, 0.2) is 24.3 Å². The Bertz CT molecular complexity index is 498. The summed E-state index contributed by atoms with van der Waals surface area (Å²) in [7, 11) is 0. The summed E-state index contributed by atoms with van der Waals surface area (Å²) in [6.45, 7) is 2.83. The molecule has 2 N–H and O–H groups in total. The molecule has 18 heavy (non-hydrogen) atoms. The fraction of sp³-hybridized carbons (Fsp3) is 0.308. The Morgan fingerprint density at radius 3 is 2.33 bits per heavy atom. The fourth-order valence-corrected chi connectivity index (χ4v) is 1.27. The first-order chi connectivity index (χ1) is 8.36. The van der Waals surface area contributed by atoms with E-state index in [0.717, 1.165) is 5.56 Å². The van der Waals surface area contributed by atoms with Crippen molar-refractivity contribution in [3.05, 3.63) is 35.4 Å². The summed E-state index contributed by atoms with van der Waals surface area (Å²) in [5, 5.41) is 19.8. The Balaban J connectivity index is 2.80. The molecule has 0 heterocycles. The monoisotopic (exact) mass is 246 g/mol. The number of carboxylic acid groups (broad SMARTS) is 1. The summed E-state index contributed by atoms with van der Waals surface area (Å²) in [6, 6.07) is 8.49. The van der Waals surface area contributed by atoms with Crippen molar-refractivity contribution in [2.24, 2.45) is 0 Å². The van der Waals surface area contributed by atoms with E-state index >= 15 is 0 Å². The van der Waals surface area contributed by atoms with Gasteiger partial charge in [0.15, 0.2) is 0 Å². The number of carbonyl (C=O) groups excluding carboxylic acids is 1. The summed E-state index contributed by atoms with van der Waals surface area (Å²) in [6.07, 6.45) is 0.280. The average Bonchev–Trinajstić information content (AvgIpc) is 2.29. The highest BCUT2D eigenvalue weighted by Crippen LogP contribution is 2.08. The van der Waals surface area contributed by atoms with Gasteiger partial charge >= 0.3 is 5.97 Å². The molecule has 5 heteroatoms. The molecule has 0 bridgehead atoms. The smallest absolute Gasteiger partial charge is 0.328 e. The number of benzene rings is 1. The predicted octanol–water partition coefficient (Wildman–Crippen LogP) is 1.35. The second-order valence-electron chi connectivity index (χ2n) is 4.42. The highest BCUT2D eigenvalue weighted by Gasteiger charge is 2.29. The second kappa shape index (κ2) is 5.32. The number of nitrogens with zero attached hydrogens (tertiary/aromatic N) is 1. The fourth-order valence-electron chi connectivity index (χ4n) is 1.27. The van der Waals surface area contributed by atoms with Crippen LogP contribution >= 0.6 is 0 Å². The van der Waals surface area contributed by atoms with Gasteiger partial charge in [-0.25, -0.2) is 4.79 Å². The van der Waals surface area contributed by atoms with Crippen LogP contribution in [0.3, 0.4) is 0 Å². The highest BCUT2D eigenvalue weighted by atomic mass is 16.4.